The number of hydrogen-bond acceptors (Lipinski definition) is 8. The summed E-state index contributed by atoms with van der Waals surface area (Å²) in [4.78, 5) is 34.6. The van der Waals surface area contributed by atoms with Gasteiger partial charge in [0.05, 0.1) is 102 Å². The molecule has 14 aromatic rings. The normalized spacial score (nSPS) is 10.7. The van der Waals surface area contributed by atoms with Gasteiger partial charge in [-0.1, -0.05) is 97.1 Å². The number of benzene rings is 11. The summed E-state index contributed by atoms with van der Waals surface area (Å²) in [6.45, 7) is 39.9. The van der Waals surface area contributed by atoms with Crippen molar-refractivity contribution in [1.29, 1.82) is 26.3 Å². The predicted octanol–water partition coefficient (Wildman–Crippen LogP) is 19.8. The summed E-state index contributed by atoms with van der Waals surface area (Å²) in [5.41, 5.74) is 14.1. The molecular weight excluding hydrogens is 1160 g/mol. The molecule has 0 aliphatic carbocycles. The van der Waals surface area contributed by atoms with Crippen molar-refractivity contribution in [3.05, 3.63) is 297 Å². The number of rotatable bonds is 9. The molecule has 14 rings (SSSR count). The van der Waals surface area contributed by atoms with Gasteiger partial charge in [0.15, 0.2) is 45.9 Å². The van der Waals surface area contributed by atoms with Gasteiger partial charge in [-0.05, 0) is 160 Å². The van der Waals surface area contributed by atoms with Gasteiger partial charge < -0.3 is 9.13 Å². The Hall–Kier alpha value is -15.1. The van der Waals surface area contributed by atoms with Crippen LogP contribution in [0.25, 0.3) is 158 Å². The van der Waals surface area contributed by atoms with Crippen LogP contribution in [0.2, 0.25) is 0 Å². The van der Waals surface area contributed by atoms with Crippen LogP contribution in [-0.2, 0) is 0 Å². The molecule has 0 aliphatic heterocycles. The van der Waals surface area contributed by atoms with Gasteiger partial charge in [0.2, 0.25) is 0 Å². The van der Waals surface area contributed by atoms with E-state index in [2.05, 4.69) is 63.7 Å². The number of nitrogens with zero attached hydrogens (tertiary/aromatic N) is 15. The van der Waals surface area contributed by atoms with Crippen LogP contribution in [0.15, 0.2) is 212 Å². The van der Waals surface area contributed by atoms with E-state index in [0.717, 1.165) is 43.6 Å². The Balaban J connectivity index is 1.03. The smallest absolute Gasteiger partial charge is 0.196 e. The summed E-state index contributed by atoms with van der Waals surface area (Å²) >= 11 is 0. The maximum absolute atomic E-state index is 10.7. The van der Waals surface area contributed by atoms with Crippen LogP contribution in [0, 0.1) is 89.5 Å². The quantitative estimate of drug-likeness (QED) is 0.128. The highest BCUT2D eigenvalue weighted by Gasteiger charge is 2.26. The molecule has 0 N–H and O–H groups in total. The first-order chi connectivity index (χ1) is 46.1. The summed E-state index contributed by atoms with van der Waals surface area (Å²) in [7, 11) is 0. The summed E-state index contributed by atoms with van der Waals surface area (Å²) in [6.07, 6.45) is 0. The maximum atomic E-state index is 10.7. The van der Waals surface area contributed by atoms with Gasteiger partial charge in [-0.3, -0.25) is 0 Å². The van der Waals surface area contributed by atoms with Gasteiger partial charge in [-0.2, -0.15) is 26.3 Å². The molecule has 0 atom stereocenters. The van der Waals surface area contributed by atoms with Crippen molar-refractivity contribution in [2.24, 2.45) is 0 Å². The van der Waals surface area contributed by atoms with Crippen LogP contribution in [0.1, 0.15) is 27.8 Å². The molecule has 15 nitrogen and oxygen atoms in total. The third-order valence-electron chi connectivity index (χ3n) is 16.6. The van der Waals surface area contributed by atoms with Crippen LogP contribution < -0.4 is 0 Å². The lowest BCUT2D eigenvalue weighted by Gasteiger charge is -2.17. The molecule has 0 fully saturated rings. The van der Waals surface area contributed by atoms with Crippen LogP contribution >= 0.6 is 0 Å². The Labute approximate surface area is 537 Å². The molecule has 94 heavy (non-hydrogen) atoms. The monoisotopic (exact) mass is 1190 g/mol. The molecule has 0 bridgehead atoms. The second-order valence-corrected chi connectivity index (χ2v) is 21.7. The first-order valence-corrected chi connectivity index (χ1v) is 28.8. The van der Waals surface area contributed by atoms with Crippen LogP contribution in [0.3, 0.4) is 0 Å². The largest absolute Gasteiger partial charge is 0.309 e. The Kier molecular flexibility index (Phi) is 14.0. The van der Waals surface area contributed by atoms with E-state index in [-0.39, 0.29) is 23.2 Å². The van der Waals surface area contributed by atoms with E-state index in [1.165, 1.54) is 0 Å². The zero-order valence-corrected chi connectivity index (χ0v) is 48.9. The van der Waals surface area contributed by atoms with Crippen LogP contribution in [0.5, 0.6) is 0 Å². The minimum Gasteiger partial charge on any atom is -0.309 e. The van der Waals surface area contributed by atoms with E-state index in [9.17, 15) is 26.3 Å². The Morgan fingerprint density at radius 2 is 0.649 bits per heavy atom. The van der Waals surface area contributed by atoms with E-state index in [1.807, 2.05) is 115 Å². The average Bonchev–Trinajstić information content (AvgIpc) is 1.57. The van der Waals surface area contributed by atoms with Gasteiger partial charge >= 0.3 is 0 Å². The highest BCUT2D eigenvalue weighted by molar-refractivity contribution is 6.14. The molecule has 0 saturated heterocycles. The van der Waals surface area contributed by atoms with Crippen molar-refractivity contribution in [2.45, 2.75) is 0 Å². The number of nitriles is 5. The van der Waals surface area contributed by atoms with E-state index in [0.29, 0.717) is 123 Å². The lowest BCUT2D eigenvalue weighted by molar-refractivity contribution is 1.06. The van der Waals surface area contributed by atoms with Crippen molar-refractivity contribution in [2.75, 3.05) is 0 Å². The van der Waals surface area contributed by atoms with E-state index in [4.69, 9.17) is 47.8 Å². The van der Waals surface area contributed by atoms with E-state index < -0.39 is 0 Å². The summed E-state index contributed by atoms with van der Waals surface area (Å²) < 4.78 is 4.13. The minimum atomic E-state index is 0.184. The number of hydrogen-bond donors (Lipinski definition) is 0. The molecule has 3 aromatic heterocycles. The molecule has 3 heterocycles. The fourth-order valence-electron chi connectivity index (χ4n) is 12.3. The van der Waals surface area contributed by atoms with Crippen molar-refractivity contribution < 1.29 is 0 Å². The van der Waals surface area contributed by atoms with Gasteiger partial charge in [-0.25, -0.2) is 39.2 Å². The van der Waals surface area contributed by atoms with Gasteiger partial charge in [0, 0.05) is 60.5 Å². The van der Waals surface area contributed by atoms with Gasteiger partial charge in [-0.15, -0.1) is 0 Å². The third-order valence-corrected chi connectivity index (χ3v) is 16.6. The SMILES string of the molecule is [C-]#[N+]c1ccc(-c2ccc3c(c2)c2cc(-c4ccc(C#N)cc4[N+]#[C-])ccc2n3-c2ccc(C#N)cc2-c2nc(-c3ccccc3)nc(-c3cc([N+]#[C-])ccc3-n3c4ccc(-c5ccc([N+]#[C-])cc5C#N)cc4c4cc(-c5ccc(C#N)cc5[N+]#[C-])ccc43)n2)c(C#N)c1. The van der Waals surface area contributed by atoms with Crippen molar-refractivity contribution in [3.63, 3.8) is 0 Å². The first kappa shape index (κ1) is 56.7. The Morgan fingerprint density at radius 3 is 1.06 bits per heavy atom. The molecule has 11 aromatic carbocycles. The third kappa shape index (κ3) is 9.60. The zero-order valence-electron chi connectivity index (χ0n) is 48.9. The van der Waals surface area contributed by atoms with Gasteiger partial charge in [0.1, 0.15) is 0 Å². The zero-order chi connectivity index (χ0) is 64.7. The maximum Gasteiger partial charge on any atom is 0.196 e. The molecular formula is C79H35N15. The van der Waals surface area contributed by atoms with E-state index in [1.54, 1.807) is 97.1 Å². The molecule has 0 unspecified atom stereocenters. The molecule has 0 radical (unpaired) electrons. The second kappa shape index (κ2) is 23.2. The lowest BCUT2D eigenvalue weighted by Crippen LogP contribution is -2.06. The molecule has 0 aliphatic rings. The van der Waals surface area contributed by atoms with Crippen LogP contribution in [0.4, 0.5) is 28.4 Å². The fourth-order valence-corrected chi connectivity index (χ4v) is 12.3. The molecule has 0 spiro atoms. The highest BCUT2D eigenvalue weighted by Crippen LogP contribution is 2.45. The molecule has 0 saturated carbocycles. The lowest BCUT2D eigenvalue weighted by atomic mass is 9.97. The first-order valence-electron chi connectivity index (χ1n) is 28.8. The Morgan fingerprint density at radius 1 is 0.287 bits per heavy atom. The van der Waals surface area contributed by atoms with Gasteiger partial charge in [0.25, 0.3) is 0 Å². The number of fused-ring (bicyclic) bond motifs is 6. The summed E-state index contributed by atoms with van der Waals surface area (Å²) in [6, 6.07) is 74.7. The minimum absolute atomic E-state index is 0.184. The summed E-state index contributed by atoms with van der Waals surface area (Å²) in [5, 5.41) is 54.1. The fraction of sp³-hybridized carbons (Fsp3) is 0. The number of aromatic nitrogens is 5. The molecule has 15 heteroatoms. The second-order valence-electron chi connectivity index (χ2n) is 21.7. The van der Waals surface area contributed by atoms with Crippen molar-refractivity contribution in [1.82, 2.24) is 24.1 Å². The average molecular weight is 1190 g/mol. The standard InChI is InChI=1S/C79H35N15/c1-85-56-18-23-59(54(34-56)44-83)50-14-26-71-63(36-50)65-38-52(61-21-11-47(42-81)32-69(61)88-4)16-28-73(65)93(71)75-25-13-46(41-80)31-67(75)78-90-77(49-9-7-6-8-10-49)91-79(92-78)68-40-58(87-3)20-30-76(68)94-72-27-15-51(60-24-19-57(86-2)35-55(60)45-84)37-64(72)66-39-53(17-29-74(66)94)62-22-12-48(43-82)33-70(62)89-5/h6-40H. The highest BCUT2D eigenvalue weighted by atomic mass is 15.1. The van der Waals surface area contributed by atoms with Crippen molar-refractivity contribution >= 4 is 72.0 Å². The predicted molar refractivity (Wildman–Crippen MR) is 361 cm³/mol. The topological polar surface area (TPSA) is 189 Å². The Bertz CT molecular complexity index is 5520. The van der Waals surface area contributed by atoms with Crippen molar-refractivity contribution in [3.8, 4) is 120 Å². The van der Waals surface area contributed by atoms with Crippen LogP contribution in [-0.4, -0.2) is 24.1 Å². The summed E-state index contributed by atoms with van der Waals surface area (Å²) in [5.74, 6) is 0.654. The van der Waals surface area contributed by atoms with E-state index >= 15 is 0 Å². The molecule has 0 amide bonds. The molecule has 426 valence electrons.